The molecule has 1 amide bonds. The predicted octanol–water partition coefficient (Wildman–Crippen LogP) is 0.0523. The largest absolute Gasteiger partial charge is 0.355 e. The molecule has 2 unspecified atom stereocenters. The van der Waals surface area contributed by atoms with Gasteiger partial charge in [-0.25, -0.2) is 0 Å². The van der Waals surface area contributed by atoms with Crippen LogP contribution in [-0.2, 0) is 4.79 Å². The van der Waals surface area contributed by atoms with Crippen LogP contribution in [0.15, 0.2) is 0 Å². The van der Waals surface area contributed by atoms with Crippen LogP contribution in [0.1, 0.15) is 20.3 Å². The molecule has 88 valence electrons. The van der Waals surface area contributed by atoms with Gasteiger partial charge < -0.3 is 10.6 Å². The van der Waals surface area contributed by atoms with Crippen molar-refractivity contribution >= 4 is 5.91 Å². The summed E-state index contributed by atoms with van der Waals surface area (Å²) >= 11 is 0. The number of hydrogen-bond acceptors (Lipinski definition) is 3. The predicted molar refractivity (Wildman–Crippen MR) is 61.8 cm³/mol. The highest BCUT2D eigenvalue weighted by Gasteiger charge is 2.25. The molecule has 0 aromatic heterocycles. The van der Waals surface area contributed by atoms with Crippen LogP contribution in [0, 0.1) is 5.92 Å². The minimum absolute atomic E-state index is 0.130. The Hall–Kier alpha value is -0.610. The highest BCUT2D eigenvalue weighted by molar-refractivity contribution is 5.77. The Kier molecular flexibility index (Phi) is 5.05. The highest BCUT2D eigenvalue weighted by Crippen LogP contribution is 2.15. The average molecular weight is 213 g/mol. The third-order valence-corrected chi connectivity index (χ3v) is 3.07. The van der Waals surface area contributed by atoms with Gasteiger partial charge in [0.2, 0.25) is 5.91 Å². The molecule has 2 N–H and O–H groups in total. The van der Waals surface area contributed by atoms with Gasteiger partial charge in [-0.2, -0.15) is 0 Å². The molecule has 1 aliphatic heterocycles. The summed E-state index contributed by atoms with van der Waals surface area (Å²) in [5, 5.41) is 6.20. The molecule has 0 bridgehead atoms. The van der Waals surface area contributed by atoms with E-state index in [2.05, 4.69) is 22.5 Å². The maximum atomic E-state index is 11.4. The molecule has 0 aromatic rings. The number of amides is 1. The molecule has 4 heteroatoms. The molecule has 1 heterocycles. The summed E-state index contributed by atoms with van der Waals surface area (Å²) in [7, 11) is 2.04. The number of carbonyl (C=O) groups excluding carboxylic acids is 1. The van der Waals surface area contributed by atoms with Crippen molar-refractivity contribution in [1.82, 2.24) is 15.5 Å². The average Bonchev–Trinajstić information content (AvgIpc) is 2.18. The molecule has 0 aromatic carbocycles. The Morgan fingerprint density at radius 2 is 2.33 bits per heavy atom. The first-order valence-electron chi connectivity index (χ1n) is 5.82. The second-order valence-electron chi connectivity index (χ2n) is 4.41. The summed E-state index contributed by atoms with van der Waals surface area (Å²) in [4.78, 5) is 13.6. The first-order valence-corrected chi connectivity index (χ1v) is 5.82. The maximum Gasteiger partial charge on any atom is 0.234 e. The molecular weight excluding hydrogens is 190 g/mol. The Labute approximate surface area is 92.4 Å². The van der Waals surface area contributed by atoms with Crippen LogP contribution in [0.4, 0.5) is 0 Å². The summed E-state index contributed by atoms with van der Waals surface area (Å²) in [6.45, 7) is 7.55. The van der Waals surface area contributed by atoms with Crippen molar-refractivity contribution in [3.05, 3.63) is 0 Å². The lowest BCUT2D eigenvalue weighted by atomic mass is 9.94. The lowest BCUT2D eigenvalue weighted by Crippen LogP contribution is -2.49. The zero-order valence-electron chi connectivity index (χ0n) is 10.0. The lowest BCUT2D eigenvalue weighted by Gasteiger charge is -2.36. The fraction of sp³-hybridized carbons (Fsp3) is 0.909. The van der Waals surface area contributed by atoms with Gasteiger partial charge in [-0.3, -0.25) is 9.69 Å². The fourth-order valence-corrected chi connectivity index (χ4v) is 2.25. The Balaban J connectivity index is 2.37. The topological polar surface area (TPSA) is 44.4 Å². The highest BCUT2D eigenvalue weighted by atomic mass is 16.2. The van der Waals surface area contributed by atoms with E-state index in [-0.39, 0.29) is 5.91 Å². The quantitative estimate of drug-likeness (QED) is 0.694. The van der Waals surface area contributed by atoms with Gasteiger partial charge in [0.1, 0.15) is 0 Å². The zero-order chi connectivity index (χ0) is 11.3. The Morgan fingerprint density at radius 1 is 1.60 bits per heavy atom. The lowest BCUT2D eigenvalue weighted by molar-refractivity contribution is -0.122. The molecule has 1 rings (SSSR count). The van der Waals surface area contributed by atoms with E-state index in [0.29, 0.717) is 25.0 Å². The zero-order valence-corrected chi connectivity index (χ0v) is 10.0. The van der Waals surface area contributed by atoms with Gasteiger partial charge in [-0.05, 0) is 39.4 Å². The van der Waals surface area contributed by atoms with E-state index < -0.39 is 0 Å². The van der Waals surface area contributed by atoms with E-state index in [1.165, 1.54) is 0 Å². The van der Waals surface area contributed by atoms with Gasteiger partial charge in [0.25, 0.3) is 0 Å². The standard InChI is InChI=1S/C11H23N3O/c1-4-13-11(15)8-14(3)10-5-6-12-7-9(10)2/h9-10,12H,4-8H2,1-3H3,(H,13,15). The third kappa shape index (κ3) is 3.80. The van der Waals surface area contributed by atoms with Crippen LogP contribution in [-0.4, -0.2) is 50.1 Å². The number of piperidine rings is 1. The SMILES string of the molecule is CCNC(=O)CN(C)C1CCNCC1C. The molecule has 1 fully saturated rings. The van der Waals surface area contributed by atoms with Gasteiger partial charge in [-0.1, -0.05) is 6.92 Å². The van der Waals surface area contributed by atoms with Crippen LogP contribution in [0.3, 0.4) is 0 Å². The summed E-state index contributed by atoms with van der Waals surface area (Å²) in [6.07, 6.45) is 1.14. The van der Waals surface area contributed by atoms with Crippen molar-refractivity contribution in [3.8, 4) is 0 Å². The summed E-state index contributed by atoms with van der Waals surface area (Å²) in [5.41, 5.74) is 0. The van der Waals surface area contributed by atoms with Crippen molar-refractivity contribution < 1.29 is 4.79 Å². The molecule has 2 atom stereocenters. The van der Waals surface area contributed by atoms with Gasteiger partial charge >= 0.3 is 0 Å². The monoisotopic (exact) mass is 213 g/mol. The number of likely N-dealkylation sites (N-methyl/N-ethyl adjacent to an activating group) is 2. The molecule has 0 spiro atoms. The number of rotatable bonds is 4. The van der Waals surface area contributed by atoms with Crippen molar-refractivity contribution in [2.45, 2.75) is 26.3 Å². The minimum atomic E-state index is 0.130. The van der Waals surface area contributed by atoms with Crippen LogP contribution >= 0.6 is 0 Å². The number of carbonyl (C=O) groups is 1. The maximum absolute atomic E-state index is 11.4. The van der Waals surface area contributed by atoms with Crippen molar-refractivity contribution in [3.63, 3.8) is 0 Å². The first kappa shape index (κ1) is 12.5. The molecule has 0 saturated carbocycles. The van der Waals surface area contributed by atoms with Crippen molar-refractivity contribution in [1.29, 1.82) is 0 Å². The second-order valence-corrected chi connectivity index (χ2v) is 4.41. The molecule has 0 aliphatic carbocycles. The molecule has 15 heavy (non-hydrogen) atoms. The Bertz CT molecular complexity index is 208. The van der Waals surface area contributed by atoms with Gasteiger partial charge in [0.15, 0.2) is 0 Å². The second kappa shape index (κ2) is 6.08. The molecule has 0 radical (unpaired) electrons. The van der Waals surface area contributed by atoms with Crippen molar-refractivity contribution in [2.75, 3.05) is 33.2 Å². The smallest absolute Gasteiger partial charge is 0.234 e. The fourth-order valence-electron chi connectivity index (χ4n) is 2.25. The normalized spacial score (nSPS) is 26.7. The molecule has 4 nitrogen and oxygen atoms in total. The molecule has 1 saturated heterocycles. The first-order chi connectivity index (χ1) is 7.15. The van der Waals surface area contributed by atoms with Gasteiger partial charge in [0.05, 0.1) is 6.54 Å². The number of nitrogens with zero attached hydrogens (tertiary/aromatic N) is 1. The number of nitrogens with one attached hydrogen (secondary N) is 2. The minimum Gasteiger partial charge on any atom is -0.355 e. The van der Waals surface area contributed by atoms with Crippen LogP contribution < -0.4 is 10.6 Å². The van der Waals surface area contributed by atoms with Crippen LogP contribution in [0.25, 0.3) is 0 Å². The Morgan fingerprint density at radius 3 is 2.93 bits per heavy atom. The molecular formula is C11H23N3O. The van der Waals surface area contributed by atoms with Gasteiger partial charge in [0, 0.05) is 12.6 Å². The van der Waals surface area contributed by atoms with E-state index in [4.69, 9.17) is 0 Å². The van der Waals surface area contributed by atoms with Crippen LogP contribution in [0.2, 0.25) is 0 Å². The van der Waals surface area contributed by atoms with E-state index >= 15 is 0 Å². The summed E-state index contributed by atoms with van der Waals surface area (Å²) in [5.74, 6) is 0.754. The van der Waals surface area contributed by atoms with E-state index in [1.54, 1.807) is 0 Å². The van der Waals surface area contributed by atoms with E-state index in [0.717, 1.165) is 19.5 Å². The van der Waals surface area contributed by atoms with E-state index in [1.807, 2.05) is 14.0 Å². The number of hydrogen-bond donors (Lipinski definition) is 2. The summed E-state index contributed by atoms with van der Waals surface area (Å²) in [6, 6.07) is 0.536. The summed E-state index contributed by atoms with van der Waals surface area (Å²) < 4.78 is 0. The van der Waals surface area contributed by atoms with Gasteiger partial charge in [-0.15, -0.1) is 0 Å². The van der Waals surface area contributed by atoms with E-state index in [9.17, 15) is 4.79 Å². The third-order valence-electron chi connectivity index (χ3n) is 3.07. The van der Waals surface area contributed by atoms with Crippen LogP contribution in [0.5, 0.6) is 0 Å². The molecule has 1 aliphatic rings. The van der Waals surface area contributed by atoms with Crippen molar-refractivity contribution in [2.24, 2.45) is 5.92 Å².